The van der Waals surface area contributed by atoms with Crippen LogP contribution in [0.25, 0.3) is 10.8 Å². The normalized spacial score (nSPS) is 16.1. The Hall–Kier alpha value is -3.12. The van der Waals surface area contributed by atoms with Crippen molar-refractivity contribution in [2.24, 2.45) is 0 Å². The molecule has 3 aromatic rings. The third kappa shape index (κ3) is 3.64. The van der Waals surface area contributed by atoms with E-state index >= 15 is 0 Å². The number of furan rings is 1. The molecule has 2 aromatic carbocycles. The van der Waals surface area contributed by atoms with Gasteiger partial charge in [0.1, 0.15) is 0 Å². The van der Waals surface area contributed by atoms with E-state index in [2.05, 4.69) is 10.2 Å². The van der Waals surface area contributed by atoms with Gasteiger partial charge in [0.2, 0.25) is 5.91 Å². The minimum absolute atomic E-state index is 0.0397. The maximum atomic E-state index is 12.8. The van der Waals surface area contributed by atoms with Crippen molar-refractivity contribution in [1.29, 1.82) is 0 Å². The summed E-state index contributed by atoms with van der Waals surface area (Å²) in [5, 5.41) is 5.18. The van der Waals surface area contributed by atoms with Gasteiger partial charge in [-0.2, -0.15) is 0 Å². The first-order valence-electron chi connectivity index (χ1n) is 9.49. The number of hydrogen-bond acceptors (Lipinski definition) is 4. The summed E-state index contributed by atoms with van der Waals surface area (Å²) in [7, 11) is 0. The Labute approximate surface area is 163 Å². The van der Waals surface area contributed by atoms with Crippen LogP contribution >= 0.6 is 0 Å². The molecule has 1 unspecified atom stereocenters. The van der Waals surface area contributed by atoms with Crippen LogP contribution in [-0.4, -0.2) is 53.8 Å². The van der Waals surface area contributed by atoms with Crippen molar-refractivity contribution in [2.45, 2.75) is 13.0 Å². The quantitative estimate of drug-likeness (QED) is 0.758. The highest BCUT2D eigenvalue weighted by Crippen LogP contribution is 2.23. The van der Waals surface area contributed by atoms with E-state index in [1.807, 2.05) is 49.4 Å². The second kappa shape index (κ2) is 7.86. The summed E-state index contributed by atoms with van der Waals surface area (Å²) in [6, 6.07) is 17.0. The average molecular weight is 377 g/mol. The van der Waals surface area contributed by atoms with Crippen LogP contribution in [0.2, 0.25) is 0 Å². The predicted octanol–water partition coefficient (Wildman–Crippen LogP) is 3.22. The standard InChI is InChI=1S/C22H23N3O3/c1-16(21(26)23-19-9-4-7-17-6-2-3-8-18(17)19)24-11-13-25(14-12-24)22(27)20-10-5-15-28-20/h2-10,15-16H,11-14H2,1H3,(H,23,26). The van der Waals surface area contributed by atoms with Crippen LogP contribution in [0.15, 0.2) is 65.3 Å². The Morgan fingerprint density at radius 3 is 2.46 bits per heavy atom. The van der Waals surface area contributed by atoms with Gasteiger partial charge in [-0.1, -0.05) is 36.4 Å². The molecule has 2 amide bonds. The van der Waals surface area contributed by atoms with Gasteiger partial charge in [-0.05, 0) is 30.5 Å². The smallest absolute Gasteiger partial charge is 0.289 e. The predicted molar refractivity (Wildman–Crippen MR) is 108 cm³/mol. The molecule has 0 radical (unpaired) electrons. The zero-order chi connectivity index (χ0) is 19.5. The number of anilines is 1. The third-order valence-electron chi connectivity index (χ3n) is 5.31. The molecule has 1 fully saturated rings. The Morgan fingerprint density at radius 1 is 0.964 bits per heavy atom. The van der Waals surface area contributed by atoms with Crippen LogP contribution in [0.4, 0.5) is 5.69 Å². The fraction of sp³-hybridized carbons (Fsp3) is 0.273. The fourth-order valence-corrected chi connectivity index (χ4v) is 3.61. The molecule has 6 heteroatoms. The number of benzene rings is 2. The highest BCUT2D eigenvalue weighted by molar-refractivity contribution is 6.03. The maximum absolute atomic E-state index is 12.8. The number of nitrogens with zero attached hydrogens (tertiary/aromatic N) is 2. The maximum Gasteiger partial charge on any atom is 0.289 e. The highest BCUT2D eigenvalue weighted by atomic mass is 16.3. The van der Waals surface area contributed by atoms with Crippen molar-refractivity contribution in [1.82, 2.24) is 9.80 Å². The molecule has 0 spiro atoms. The lowest BCUT2D eigenvalue weighted by molar-refractivity contribution is -0.121. The van der Waals surface area contributed by atoms with E-state index in [9.17, 15) is 9.59 Å². The van der Waals surface area contributed by atoms with Crippen molar-refractivity contribution in [2.75, 3.05) is 31.5 Å². The van der Waals surface area contributed by atoms with E-state index in [0.29, 0.717) is 31.9 Å². The lowest BCUT2D eigenvalue weighted by atomic mass is 10.1. The molecule has 1 aliphatic rings. The fourth-order valence-electron chi connectivity index (χ4n) is 3.61. The molecule has 1 atom stereocenters. The van der Waals surface area contributed by atoms with Gasteiger partial charge in [0.05, 0.1) is 12.3 Å². The van der Waals surface area contributed by atoms with Crippen molar-refractivity contribution >= 4 is 28.3 Å². The van der Waals surface area contributed by atoms with Gasteiger partial charge in [-0.25, -0.2) is 0 Å². The highest BCUT2D eigenvalue weighted by Gasteiger charge is 2.28. The SMILES string of the molecule is CC(C(=O)Nc1cccc2ccccc12)N1CCN(C(=O)c2ccco2)CC1. The van der Waals surface area contributed by atoms with Gasteiger partial charge in [0.15, 0.2) is 5.76 Å². The molecule has 0 bridgehead atoms. The zero-order valence-electron chi connectivity index (χ0n) is 15.8. The van der Waals surface area contributed by atoms with E-state index in [1.165, 1.54) is 6.26 Å². The van der Waals surface area contributed by atoms with Crippen LogP contribution < -0.4 is 5.32 Å². The topological polar surface area (TPSA) is 65.8 Å². The molecule has 4 rings (SSSR count). The number of fused-ring (bicyclic) bond motifs is 1. The number of amides is 2. The summed E-state index contributed by atoms with van der Waals surface area (Å²) in [4.78, 5) is 29.1. The molecule has 0 aliphatic carbocycles. The van der Waals surface area contributed by atoms with Crippen molar-refractivity contribution in [3.8, 4) is 0 Å². The molecule has 28 heavy (non-hydrogen) atoms. The minimum Gasteiger partial charge on any atom is -0.459 e. The molecule has 2 heterocycles. The summed E-state index contributed by atoms with van der Waals surface area (Å²) >= 11 is 0. The first-order valence-corrected chi connectivity index (χ1v) is 9.49. The second-order valence-electron chi connectivity index (χ2n) is 7.00. The Balaban J connectivity index is 1.38. The monoisotopic (exact) mass is 377 g/mol. The van der Waals surface area contributed by atoms with E-state index < -0.39 is 0 Å². The first kappa shape index (κ1) is 18.3. The molecular formula is C22H23N3O3. The Morgan fingerprint density at radius 2 is 1.71 bits per heavy atom. The van der Waals surface area contributed by atoms with Gasteiger partial charge >= 0.3 is 0 Å². The van der Waals surface area contributed by atoms with Crippen LogP contribution in [0.3, 0.4) is 0 Å². The van der Waals surface area contributed by atoms with E-state index in [1.54, 1.807) is 17.0 Å². The van der Waals surface area contributed by atoms with E-state index in [-0.39, 0.29) is 17.9 Å². The van der Waals surface area contributed by atoms with Crippen LogP contribution in [0.5, 0.6) is 0 Å². The van der Waals surface area contributed by atoms with Crippen molar-refractivity contribution in [3.05, 3.63) is 66.6 Å². The van der Waals surface area contributed by atoms with Crippen LogP contribution in [0.1, 0.15) is 17.5 Å². The van der Waals surface area contributed by atoms with Gasteiger partial charge in [0.25, 0.3) is 5.91 Å². The molecule has 1 saturated heterocycles. The Bertz CT molecular complexity index is 970. The summed E-state index contributed by atoms with van der Waals surface area (Å²) in [5.74, 6) is 0.217. The molecule has 1 aliphatic heterocycles. The number of nitrogens with one attached hydrogen (secondary N) is 1. The molecule has 1 aromatic heterocycles. The average Bonchev–Trinajstić information content (AvgIpc) is 3.28. The third-order valence-corrected chi connectivity index (χ3v) is 5.31. The molecule has 1 N–H and O–H groups in total. The second-order valence-corrected chi connectivity index (χ2v) is 7.00. The molecule has 144 valence electrons. The van der Waals surface area contributed by atoms with Crippen LogP contribution in [-0.2, 0) is 4.79 Å². The summed E-state index contributed by atoms with van der Waals surface area (Å²) in [6.45, 7) is 4.36. The summed E-state index contributed by atoms with van der Waals surface area (Å²) in [6.07, 6.45) is 1.50. The zero-order valence-corrected chi connectivity index (χ0v) is 15.8. The molecular weight excluding hydrogens is 354 g/mol. The van der Waals surface area contributed by atoms with Gasteiger partial charge in [-0.15, -0.1) is 0 Å². The van der Waals surface area contributed by atoms with Crippen molar-refractivity contribution < 1.29 is 14.0 Å². The molecule has 0 saturated carbocycles. The van der Waals surface area contributed by atoms with E-state index in [0.717, 1.165) is 16.5 Å². The number of carbonyl (C=O) groups is 2. The first-order chi connectivity index (χ1) is 13.6. The number of piperazine rings is 1. The lowest BCUT2D eigenvalue weighted by Gasteiger charge is -2.37. The van der Waals surface area contributed by atoms with Crippen molar-refractivity contribution in [3.63, 3.8) is 0 Å². The van der Waals surface area contributed by atoms with Gasteiger partial charge in [0, 0.05) is 37.3 Å². The van der Waals surface area contributed by atoms with Crippen LogP contribution in [0, 0.1) is 0 Å². The summed E-state index contributed by atoms with van der Waals surface area (Å²) < 4.78 is 5.19. The number of rotatable bonds is 4. The number of carbonyl (C=O) groups excluding carboxylic acids is 2. The Kier molecular flexibility index (Phi) is 5.12. The summed E-state index contributed by atoms with van der Waals surface area (Å²) in [5.41, 5.74) is 0.821. The molecule has 6 nitrogen and oxygen atoms in total. The lowest BCUT2D eigenvalue weighted by Crippen LogP contribution is -2.54. The van der Waals surface area contributed by atoms with E-state index in [4.69, 9.17) is 4.42 Å². The van der Waals surface area contributed by atoms with Gasteiger partial charge < -0.3 is 14.6 Å². The largest absolute Gasteiger partial charge is 0.459 e. The van der Waals surface area contributed by atoms with Gasteiger partial charge in [-0.3, -0.25) is 14.5 Å². The number of hydrogen-bond donors (Lipinski definition) is 1. The minimum atomic E-state index is -0.278.